The van der Waals surface area contributed by atoms with Gasteiger partial charge in [0.1, 0.15) is 0 Å². The molecule has 0 amide bonds. The van der Waals surface area contributed by atoms with Crippen molar-refractivity contribution in [1.82, 2.24) is 15.5 Å². The van der Waals surface area contributed by atoms with E-state index in [1.807, 2.05) is 0 Å². The first-order chi connectivity index (χ1) is 9.26. The second-order valence-corrected chi connectivity index (χ2v) is 5.27. The molecule has 2 heterocycles. The Morgan fingerprint density at radius 3 is 2.89 bits per heavy atom. The molecule has 0 bridgehead atoms. The topological polar surface area (TPSA) is 60.2 Å². The fourth-order valence-corrected chi connectivity index (χ4v) is 2.71. The molecule has 0 radical (unpaired) electrons. The second-order valence-electron chi connectivity index (χ2n) is 5.27. The van der Waals surface area contributed by atoms with Gasteiger partial charge in [-0.05, 0) is 32.7 Å². The number of hydrogen-bond acceptors (Lipinski definition) is 5. The monoisotopic (exact) mass is 267 g/mol. The van der Waals surface area contributed by atoms with E-state index in [1.54, 1.807) is 0 Å². The molecule has 0 spiro atoms. The largest absolute Gasteiger partial charge is 0.381 e. The SMILES string of the molecule is CCNC(C)C(CC)c1nc(C2CCCOC2)no1. The Hall–Kier alpha value is -0.940. The fraction of sp³-hybridized carbons (Fsp3) is 0.857. The van der Waals surface area contributed by atoms with Crippen molar-refractivity contribution < 1.29 is 9.26 Å². The molecule has 1 fully saturated rings. The van der Waals surface area contributed by atoms with Gasteiger partial charge in [-0.2, -0.15) is 4.98 Å². The van der Waals surface area contributed by atoms with Crippen LogP contribution in [0, 0.1) is 0 Å². The molecule has 0 aliphatic carbocycles. The van der Waals surface area contributed by atoms with Crippen LogP contribution in [-0.2, 0) is 4.74 Å². The molecule has 1 aromatic heterocycles. The molecule has 1 aliphatic heterocycles. The van der Waals surface area contributed by atoms with Crippen LogP contribution < -0.4 is 5.32 Å². The molecule has 5 heteroatoms. The van der Waals surface area contributed by atoms with Gasteiger partial charge in [0, 0.05) is 18.6 Å². The number of hydrogen-bond donors (Lipinski definition) is 1. The maximum atomic E-state index is 5.48. The first kappa shape index (κ1) is 14.5. The molecule has 0 saturated carbocycles. The van der Waals surface area contributed by atoms with E-state index >= 15 is 0 Å². The molecule has 108 valence electrons. The highest BCUT2D eigenvalue weighted by atomic mass is 16.5. The molecule has 19 heavy (non-hydrogen) atoms. The Labute approximate surface area is 115 Å². The highest BCUT2D eigenvalue weighted by Gasteiger charge is 2.26. The molecule has 3 atom stereocenters. The summed E-state index contributed by atoms with van der Waals surface area (Å²) in [6.07, 6.45) is 3.18. The quantitative estimate of drug-likeness (QED) is 0.858. The number of rotatable bonds is 6. The van der Waals surface area contributed by atoms with Crippen LogP contribution in [-0.4, -0.2) is 35.9 Å². The Kier molecular flexibility index (Phi) is 5.34. The third-order valence-electron chi connectivity index (χ3n) is 3.87. The van der Waals surface area contributed by atoms with Crippen LogP contribution >= 0.6 is 0 Å². The Bertz CT molecular complexity index is 375. The van der Waals surface area contributed by atoms with Crippen LogP contribution in [0.25, 0.3) is 0 Å². The summed E-state index contributed by atoms with van der Waals surface area (Å²) >= 11 is 0. The smallest absolute Gasteiger partial charge is 0.231 e. The predicted octanol–water partition coefficient (Wildman–Crippen LogP) is 2.46. The lowest BCUT2D eigenvalue weighted by Gasteiger charge is -2.20. The zero-order valence-corrected chi connectivity index (χ0v) is 12.2. The molecule has 1 saturated heterocycles. The average Bonchev–Trinajstić information content (AvgIpc) is 2.90. The average molecular weight is 267 g/mol. The maximum Gasteiger partial charge on any atom is 0.231 e. The van der Waals surface area contributed by atoms with E-state index in [1.165, 1.54) is 0 Å². The van der Waals surface area contributed by atoms with Crippen LogP contribution in [0.3, 0.4) is 0 Å². The summed E-state index contributed by atoms with van der Waals surface area (Å²) in [6.45, 7) is 8.98. The summed E-state index contributed by atoms with van der Waals surface area (Å²) in [5.74, 6) is 2.16. The summed E-state index contributed by atoms with van der Waals surface area (Å²) < 4.78 is 11.0. The summed E-state index contributed by atoms with van der Waals surface area (Å²) in [5.41, 5.74) is 0. The second kappa shape index (κ2) is 7.01. The van der Waals surface area contributed by atoms with Crippen molar-refractivity contribution in [2.24, 2.45) is 0 Å². The molecular weight excluding hydrogens is 242 g/mol. The van der Waals surface area contributed by atoms with Crippen LogP contribution in [0.2, 0.25) is 0 Å². The normalized spacial score (nSPS) is 23.2. The lowest BCUT2D eigenvalue weighted by molar-refractivity contribution is 0.0773. The van der Waals surface area contributed by atoms with E-state index in [4.69, 9.17) is 9.26 Å². The lowest BCUT2D eigenvalue weighted by Crippen LogP contribution is -2.32. The van der Waals surface area contributed by atoms with Gasteiger partial charge in [-0.1, -0.05) is 19.0 Å². The van der Waals surface area contributed by atoms with E-state index in [2.05, 4.69) is 36.2 Å². The zero-order chi connectivity index (χ0) is 13.7. The third kappa shape index (κ3) is 3.54. The van der Waals surface area contributed by atoms with Crippen molar-refractivity contribution in [3.8, 4) is 0 Å². The molecule has 1 aromatic rings. The van der Waals surface area contributed by atoms with Gasteiger partial charge in [0.2, 0.25) is 5.89 Å². The minimum absolute atomic E-state index is 0.283. The Balaban J connectivity index is 2.05. The van der Waals surface area contributed by atoms with Gasteiger partial charge in [0.15, 0.2) is 5.82 Å². The van der Waals surface area contributed by atoms with Crippen LogP contribution in [0.15, 0.2) is 4.52 Å². The summed E-state index contributed by atoms with van der Waals surface area (Å²) in [4.78, 5) is 4.61. The van der Waals surface area contributed by atoms with Gasteiger partial charge in [0.25, 0.3) is 0 Å². The molecule has 1 N–H and O–H groups in total. The van der Waals surface area contributed by atoms with Crippen LogP contribution in [0.4, 0.5) is 0 Å². The van der Waals surface area contributed by atoms with Gasteiger partial charge in [-0.15, -0.1) is 0 Å². The number of ether oxygens (including phenoxy) is 1. The van der Waals surface area contributed by atoms with Crippen molar-refractivity contribution in [2.45, 2.75) is 57.9 Å². The summed E-state index contributed by atoms with van der Waals surface area (Å²) in [6, 6.07) is 0.353. The van der Waals surface area contributed by atoms with Crippen molar-refractivity contribution in [3.05, 3.63) is 11.7 Å². The van der Waals surface area contributed by atoms with Crippen molar-refractivity contribution in [3.63, 3.8) is 0 Å². The molecule has 2 rings (SSSR count). The van der Waals surface area contributed by atoms with Crippen LogP contribution in [0.1, 0.15) is 63.6 Å². The molecule has 1 aliphatic rings. The van der Waals surface area contributed by atoms with E-state index < -0.39 is 0 Å². The first-order valence-corrected chi connectivity index (χ1v) is 7.40. The Morgan fingerprint density at radius 1 is 1.42 bits per heavy atom. The van der Waals surface area contributed by atoms with Gasteiger partial charge in [0.05, 0.1) is 12.5 Å². The zero-order valence-electron chi connectivity index (χ0n) is 12.2. The minimum Gasteiger partial charge on any atom is -0.381 e. The first-order valence-electron chi connectivity index (χ1n) is 7.40. The molecular formula is C14H25N3O2. The van der Waals surface area contributed by atoms with Crippen molar-refractivity contribution >= 4 is 0 Å². The number of nitrogens with one attached hydrogen (secondary N) is 1. The number of nitrogens with zero attached hydrogens (tertiary/aromatic N) is 2. The van der Waals surface area contributed by atoms with E-state index in [0.717, 1.165) is 50.7 Å². The van der Waals surface area contributed by atoms with E-state index in [-0.39, 0.29) is 5.92 Å². The van der Waals surface area contributed by atoms with Crippen LogP contribution in [0.5, 0.6) is 0 Å². The van der Waals surface area contributed by atoms with E-state index in [9.17, 15) is 0 Å². The number of aromatic nitrogens is 2. The standard InChI is InChI=1S/C14H25N3O2/c1-4-12(10(3)15-5-2)14-16-13(17-19-14)11-7-6-8-18-9-11/h10-12,15H,4-9H2,1-3H3. The highest BCUT2D eigenvalue weighted by molar-refractivity contribution is 5.02. The summed E-state index contributed by atoms with van der Waals surface area (Å²) in [5, 5.41) is 7.59. The maximum absolute atomic E-state index is 5.48. The lowest BCUT2D eigenvalue weighted by atomic mass is 9.98. The van der Waals surface area contributed by atoms with Crippen molar-refractivity contribution in [2.75, 3.05) is 19.8 Å². The minimum atomic E-state index is 0.283. The molecule has 0 aromatic carbocycles. The summed E-state index contributed by atoms with van der Waals surface area (Å²) in [7, 11) is 0. The fourth-order valence-electron chi connectivity index (χ4n) is 2.71. The number of likely N-dealkylation sites (N-methyl/N-ethyl adjacent to an activating group) is 1. The molecule has 3 unspecified atom stereocenters. The van der Waals surface area contributed by atoms with Gasteiger partial charge < -0.3 is 14.6 Å². The van der Waals surface area contributed by atoms with Crippen molar-refractivity contribution in [1.29, 1.82) is 0 Å². The highest BCUT2D eigenvalue weighted by Crippen LogP contribution is 2.27. The Morgan fingerprint density at radius 2 is 2.26 bits per heavy atom. The predicted molar refractivity (Wildman–Crippen MR) is 73.3 cm³/mol. The van der Waals surface area contributed by atoms with E-state index in [0.29, 0.717) is 12.0 Å². The van der Waals surface area contributed by atoms with Gasteiger partial charge in [-0.25, -0.2) is 0 Å². The van der Waals surface area contributed by atoms with Gasteiger partial charge >= 0.3 is 0 Å². The third-order valence-corrected chi connectivity index (χ3v) is 3.87. The molecule has 5 nitrogen and oxygen atoms in total. The van der Waals surface area contributed by atoms with Gasteiger partial charge in [-0.3, -0.25) is 0 Å².